The number of carbonyl (C=O) groups is 1. The van der Waals surface area contributed by atoms with Crippen LogP contribution in [0, 0.1) is 0 Å². The van der Waals surface area contributed by atoms with Gasteiger partial charge in [-0.3, -0.25) is 10.1 Å². The minimum Gasteiger partial charge on any atom is -0.465 e. The van der Waals surface area contributed by atoms with Crippen molar-refractivity contribution >= 4 is 5.97 Å². The Morgan fingerprint density at radius 2 is 2.05 bits per heavy atom. The van der Waals surface area contributed by atoms with Crippen LogP contribution >= 0.6 is 0 Å². The largest absolute Gasteiger partial charge is 0.465 e. The van der Waals surface area contributed by atoms with E-state index in [2.05, 4.69) is 5.32 Å². The van der Waals surface area contributed by atoms with Gasteiger partial charge in [-0.1, -0.05) is 0 Å². The van der Waals surface area contributed by atoms with E-state index in [1.165, 1.54) is 0 Å². The SMILES string of the molecule is CCOC(=O)C(C)(CC(C)OC1COC1)NC(C)C. The summed E-state index contributed by atoms with van der Waals surface area (Å²) in [6.45, 7) is 11.4. The molecule has 0 aromatic rings. The van der Waals surface area contributed by atoms with E-state index in [0.717, 1.165) is 0 Å². The van der Waals surface area contributed by atoms with Crippen molar-refractivity contribution in [3.05, 3.63) is 0 Å². The molecule has 1 fully saturated rings. The molecule has 1 aliphatic rings. The van der Waals surface area contributed by atoms with Crippen molar-refractivity contribution in [1.82, 2.24) is 5.32 Å². The first-order valence-corrected chi connectivity index (χ1v) is 7.05. The zero-order valence-electron chi connectivity index (χ0n) is 12.7. The Labute approximate surface area is 116 Å². The van der Waals surface area contributed by atoms with Gasteiger partial charge in [0.1, 0.15) is 11.6 Å². The molecule has 0 saturated carbocycles. The molecule has 2 unspecified atom stereocenters. The van der Waals surface area contributed by atoms with E-state index in [0.29, 0.717) is 26.2 Å². The molecule has 0 spiro atoms. The highest BCUT2D eigenvalue weighted by Gasteiger charge is 2.37. The summed E-state index contributed by atoms with van der Waals surface area (Å²) in [7, 11) is 0. The van der Waals surface area contributed by atoms with Gasteiger partial charge in [0.05, 0.1) is 25.9 Å². The number of nitrogens with one attached hydrogen (secondary N) is 1. The Balaban J connectivity index is 2.58. The maximum atomic E-state index is 12.1. The van der Waals surface area contributed by atoms with E-state index in [1.807, 2.05) is 34.6 Å². The number of hydrogen-bond donors (Lipinski definition) is 1. The van der Waals surface area contributed by atoms with Gasteiger partial charge < -0.3 is 14.2 Å². The molecule has 0 aromatic heterocycles. The topological polar surface area (TPSA) is 56.8 Å². The normalized spacial score (nSPS) is 20.7. The molecule has 5 heteroatoms. The van der Waals surface area contributed by atoms with E-state index < -0.39 is 5.54 Å². The van der Waals surface area contributed by atoms with Gasteiger partial charge in [-0.25, -0.2) is 0 Å². The fourth-order valence-electron chi connectivity index (χ4n) is 2.37. The summed E-state index contributed by atoms with van der Waals surface area (Å²) in [5.74, 6) is -0.219. The van der Waals surface area contributed by atoms with Crippen molar-refractivity contribution in [2.75, 3.05) is 19.8 Å². The Kier molecular flexibility index (Phi) is 6.23. The molecular formula is C14H27NO4. The minimum atomic E-state index is -0.714. The summed E-state index contributed by atoms with van der Waals surface area (Å²) in [5, 5.41) is 3.30. The van der Waals surface area contributed by atoms with Crippen LogP contribution in [0.2, 0.25) is 0 Å². The molecule has 0 bridgehead atoms. The van der Waals surface area contributed by atoms with E-state index in [9.17, 15) is 4.79 Å². The molecule has 1 N–H and O–H groups in total. The van der Waals surface area contributed by atoms with Crippen LogP contribution in [-0.4, -0.2) is 49.6 Å². The molecule has 0 aromatic carbocycles. The summed E-state index contributed by atoms with van der Waals surface area (Å²) >= 11 is 0. The minimum absolute atomic E-state index is 0.0189. The van der Waals surface area contributed by atoms with Crippen molar-refractivity contribution in [3.63, 3.8) is 0 Å². The molecule has 0 radical (unpaired) electrons. The third-order valence-electron chi connectivity index (χ3n) is 3.06. The summed E-state index contributed by atoms with van der Waals surface area (Å²) in [5.41, 5.74) is -0.714. The van der Waals surface area contributed by atoms with Crippen LogP contribution in [0.15, 0.2) is 0 Å². The number of ether oxygens (including phenoxy) is 3. The van der Waals surface area contributed by atoms with Gasteiger partial charge in [-0.05, 0) is 34.6 Å². The first-order valence-electron chi connectivity index (χ1n) is 7.05. The van der Waals surface area contributed by atoms with Crippen molar-refractivity contribution in [2.45, 2.75) is 64.8 Å². The van der Waals surface area contributed by atoms with Gasteiger partial charge in [0.2, 0.25) is 0 Å². The molecule has 1 rings (SSSR count). The van der Waals surface area contributed by atoms with Gasteiger partial charge >= 0.3 is 5.97 Å². The van der Waals surface area contributed by atoms with E-state index >= 15 is 0 Å². The summed E-state index contributed by atoms with van der Waals surface area (Å²) < 4.78 is 16.1. The van der Waals surface area contributed by atoms with Crippen molar-refractivity contribution in [1.29, 1.82) is 0 Å². The number of rotatable bonds is 8. The van der Waals surface area contributed by atoms with Crippen LogP contribution in [0.4, 0.5) is 0 Å². The van der Waals surface area contributed by atoms with Gasteiger partial charge in [0.15, 0.2) is 0 Å². The van der Waals surface area contributed by atoms with Crippen molar-refractivity contribution in [2.24, 2.45) is 0 Å². The smallest absolute Gasteiger partial charge is 0.326 e. The number of hydrogen-bond acceptors (Lipinski definition) is 5. The van der Waals surface area contributed by atoms with Gasteiger partial charge in [-0.2, -0.15) is 0 Å². The maximum Gasteiger partial charge on any atom is 0.326 e. The fourth-order valence-corrected chi connectivity index (χ4v) is 2.37. The number of carbonyl (C=O) groups excluding carboxylic acids is 1. The van der Waals surface area contributed by atoms with Crippen LogP contribution in [0.5, 0.6) is 0 Å². The zero-order chi connectivity index (χ0) is 14.5. The Bertz CT molecular complexity index is 291. The lowest BCUT2D eigenvalue weighted by Gasteiger charge is -2.35. The van der Waals surface area contributed by atoms with Crippen LogP contribution in [0.1, 0.15) is 41.0 Å². The highest BCUT2D eigenvalue weighted by atomic mass is 16.6. The lowest BCUT2D eigenvalue weighted by molar-refractivity contribution is -0.164. The standard InChI is InChI=1S/C14H27NO4/c1-6-18-13(16)14(5,15-10(2)3)7-11(4)19-12-8-17-9-12/h10-12,15H,6-9H2,1-5H3. The molecule has 2 atom stereocenters. The molecule has 19 heavy (non-hydrogen) atoms. The van der Waals surface area contributed by atoms with E-state index in [-0.39, 0.29) is 24.2 Å². The van der Waals surface area contributed by atoms with Crippen molar-refractivity contribution in [3.8, 4) is 0 Å². The molecule has 0 aliphatic carbocycles. The predicted octanol–water partition coefficient (Wildman–Crippen LogP) is 1.50. The Morgan fingerprint density at radius 3 is 2.47 bits per heavy atom. The monoisotopic (exact) mass is 273 g/mol. The summed E-state index contributed by atoms with van der Waals surface area (Å²) in [4.78, 5) is 12.1. The molecular weight excluding hydrogens is 246 g/mol. The van der Waals surface area contributed by atoms with Crippen LogP contribution in [0.3, 0.4) is 0 Å². The summed E-state index contributed by atoms with van der Waals surface area (Å²) in [6, 6.07) is 0.202. The fraction of sp³-hybridized carbons (Fsp3) is 0.929. The van der Waals surface area contributed by atoms with E-state index in [4.69, 9.17) is 14.2 Å². The molecule has 5 nitrogen and oxygen atoms in total. The first-order chi connectivity index (χ1) is 8.87. The molecule has 1 heterocycles. The second kappa shape index (κ2) is 7.22. The van der Waals surface area contributed by atoms with Gasteiger partial charge in [0, 0.05) is 12.5 Å². The first kappa shape index (κ1) is 16.4. The third kappa shape index (κ3) is 5.09. The second-order valence-corrected chi connectivity index (χ2v) is 5.66. The quantitative estimate of drug-likeness (QED) is 0.679. The van der Waals surface area contributed by atoms with Crippen molar-refractivity contribution < 1.29 is 19.0 Å². The zero-order valence-corrected chi connectivity index (χ0v) is 12.7. The molecule has 112 valence electrons. The third-order valence-corrected chi connectivity index (χ3v) is 3.06. The van der Waals surface area contributed by atoms with Crippen LogP contribution in [-0.2, 0) is 19.0 Å². The highest BCUT2D eigenvalue weighted by molar-refractivity contribution is 5.80. The molecule has 1 saturated heterocycles. The van der Waals surface area contributed by atoms with Crippen LogP contribution < -0.4 is 5.32 Å². The van der Waals surface area contributed by atoms with Gasteiger partial charge in [-0.15, -0.1) is 0 Å². The predicted molar refractivity (Wildman–Crippen MR) is 73.1 cm³/mol. The average molecular weight is 273 g/mol. The van der Waals surface area contributed by atoms with Crippen LogP contribution in [0.25, 0.3) is 0 Å². The molecule has 0 amide bonds. The Hall–Kier alpha value is -0.650. The number of esters is 1. The van der Waals surface area contributed by atoms with Gasteiger partial charge in [0.25, 0.3) is 0 Å². The lowest BCUT2D eigenvalue weighted by atomic mass is 9.93. The van der Waals surface area contributed by atoms with E-state index in [1.54, 1.807) is 0 Å². The second-order valence-electron chi connectivity index (χ2n) is 5.66. The highest BCUT2D eigenvalue weighted by Crippen LogP contribution is 2.20. The molecule has 1 aliphatic heterocycles. The average Bonchev–Trinajstić information content (AvgIpc) is 2.22. The summed E-state index contributed by atoms with van der Waals surface area (Å²) in [6.07, 6.45) is 0.732. The maximum absolute atomic E-state index is 12.1. The lowest BCUT2D eigenvalue weighted by Crippen LogP contribution is -2.55. The Morgan fingerprint density at radius 1 is 1.42 bits per heavy atom.